The van der Waals surface area contributed by atoms with Crippen LogP contribution in [0.1, 0.15) is 5.56 Å². The van der Waals surface area contributed by atoms with E-state index < -0.39 is 40.0 Å². The summed E-state index contributed by atoms with van der Waals surface area (Å²) in [5.74, 6) is -1.70. The monoisotopic (exact) mass is 419 g/mol. The van der Waals surface area contributed by atoms with Crippen LogP contribution in [0.4, 0.5) is 13.2 Å². The highest BCUT2D eigenvalue weighted by Crippen LogP contribution is 2.35. The first-order chi connectivity index (χ1) is 13.1. The molecule has 0 aliphatic heterocycles. The van der Waals surface area contributed by atoms with Crippen molar-refractivity contribution < 1.29 is 37.1 Å². The van der Waals surface area contributed by atoms with Crippen LogP contribution in [-0.2, 0) is 15.7 Å². The van der Waals surface area contributed by atoms with Crippen LogP contribution in [0, 0.1) is 10.1 Å². The topological polar surface area (TPSA) is 87.9 Å². The number of methoxy groups -OCH3 is 1. The molecule has 7 nitrogen and oxygen atoms in total. The van der Waals surface area contributed by atoms with Gasteiger partial charge in [-0.15, -0.1) is 0 Å². The minimum Gasteiger partial charge on any atom is -0.479 e. The molecule has 28 heavy (non-hydrogen) atoms. The second-order valence-electron chi connectivity index (χ2n) is 5.38. The average Bonchev–Trinajstić information content (AvgIpc) is 2.65. The van der Waals surface area contributed by atoms with Gasteiger partial charge in [0.2, 0.25) is 6.61 Å². The molecule has 0 fully saturated rings. The summed E-state index contributed by atoms with van der Waals surface area (Å²) in [6.07, 6.45) is -4.63. The van der Waals surface area contributed by atoms with E-state index in [4.69, 9.17) is 21.1 Å². The van der Waals surface area contributed by atoms with E-state index in [0.717, 1.165) is 13.2 Å². The molecular formula is C17H13ClF3NO6. The van der Waals surface area contributed by atoms with E-state index >= 15 is 0 Å². The fourth-order valence-corrected chi connectivity index (χ4v) is 2.34. The van der Waals surface area contributed by atoms with Crippen molar-refractivity contribution in [3.05, 3.63) is 69.2 Å². The van der Waals surface area contributed by atoms with Crippen LogP contribution in [0.5, 0.6) is 11.5 Å². The van der Waals surface area contributed by atoms with E-state index in [1.807, 2.05) is 0 Å². The molecule has 0 unspecified atom stereocenters. The van der Waals surface area contributed by atoms with Gasteiger partial charge in [-0.25, -0.2) is 4.79 Å². The number of carbonyl (C=O) groups is 1. The number of para-hydroxylation sites is 1. The van der Waals surface area contributed by atoms with Crippen molar-refractivity contribution in [3.63, 3.8) is 0 Å². The number of esters is 1. The number of hydrogen-bond acceptors (Lipinski definition) is 6. The van der Waals surface area contributed by atoms with E-state index in [1.165, 1.54) is 24.3 Å². The Morgan fingerprint density at radius 3 is 2.32 bits per heavy atom. The van der Waals surface area contributed by atoms with E-state index in [-0.39, 0.29) is 11.5 Å². The average molecular weight is 420 g/mol. The number of benzene rings is 2. The van der Waals surface area contributed by atoms with E-state index in [0.29, 0.717) is 12.1 Å². The van der Waals surface area contributed by atoms with Crippen molar-refractivity contribution in [1.29, 1.82) is 0 Å². The summed E-state index contributed by atoms with van der Waals surface area (Å²) in [6.45, 7) is -1.01. The Kier molecular flexibility index (Phi) is 6.34. The van der Waals surface area contributed by atoms with Gasteiger partial charge in [-0.2, -0.15) is 13.2 Å². The maximum absolute atomic E-state index is 12.7. The van der Waals surface area contributed by atoms with Crippen LogP contribution in [0.3, 0.4) is 0 Å². The molecule has 150 valence electrons. The van der Waals surface area contributed by atoms with E-state index in [2.05, 4.69) is 4.74 Å². The maximum atomic E-state index is 12.7. The van der Waals surface area contributed by atoms with Gasteiger partial charge in [-0.1, -0.05) is 29.8 Å². The van der Waals surface area contributed by atoms with Crippen molar-refractivity contribution in [1.82, 2.24) is 0 Å². The zero-order chi connectivity index (χ0) is 20.9. The van der Waals surface area contributed by atoms with Gasteiger partial charge < -0.3 is 14.2 Å². The van der Waals surface area contributed by atoms with E-state index in [9.17, 15) is 28.1 Å². The normalized spacial score (nSPS) is 13.3. The fraction of sp³-hybridized carbons (Fsp3) is 0.235. The summed E-state index contributed by atoms with van der Waals surface area (Å²) in [4.78, 5) is 22.7. The minimum atomic E-state index is -4.63. The minimum absolute atomic E-state index is 0.0216. The Hall–Kier alpha value is -3.01. The van der Waals surface area contributed by atoms with Gasteiger partial charge in [0, 0.05) is 0 Å². The van der Waals surface area contributed by atoms with Crippen molar-refractivity contribution in [2.24, 2.45) is 0 Å². The molecule has 0 aliphatic rings. The first-order valence-corrected chi connectivity index (χ1v) is 7.94. The molecule has 2 aromatic rings. The number of nitro groups is 1. The lowest BCUT2D eigenvalue weighted by Gasteiger charge is -2.23. The number of nitrogens with zero attached hydrogens (tertiary/aromatic N) is 1. The summed E-state index contributed by atoms with van der Waals surface area (Å²) >= 11 is 5.77. The Labute approximate surface area is 161 Å². The Morgan fingerprint density at radius 1 is 1.18 bits per heavy atom. The van der Waals surface area contributed by atoms with Crippen molar-refractivity contribution in [2.45, 2.75) is 11.9 Å². The smallest absolute Gasteiger partial charge is 0.479 e. The predicted molar refractivity (Wildman–Crippen MR) is 90.8 cm³/mol. The van der Waals surface area contributed by atoms with Crippen molar-refractivity contribution in [2.75, 3.05) is 13.7 Å². The lowest BCUT2D eigenvalue weighted by atomic mass is 10.2. The van der Waals surface area contributed by atoms with Crippen LogP contribution in [-0.4, -0.2) is 30.3 Å². The van der Waals surface area contributed by atoms with Crippen molar-refractivity contribution in [3.8, 4) is 11.5 Å². The SMILES string of the molecule is COC(=O)[C@](COc1ccc(C(F)(F)F)cc1Cl)(Oc1ccccc1)[N+](=O)[O-]. The number of halogens is 4. The van der Waals surface area contributed by atoms with Crippen LogP contribution >= 0.6 is 11.6 Å². The zero-order valence-corrected chi connectivity index (χ0v) is 15.0. The third kappa shape index (κ3) is 4.63. The summed E-state index contributed by atoms with van der Waals surface area (Å²) in [5, 5.41) is 11.2. The highest BCUT2D eigenvalue weighted by molar-refractivity contribution is 6.32. The molecule has 0 aromatic heterocycles. The molecule has 0 heterocycles. The second kappa shape index (κ2) is 8.34. The molecule has 0 radical (unpaired) electrons. The lowest BCUT2D eigenvalue weighted by Crippen LogP contribution is -2.56. The van der Waals surface area contributed by atoms with Crippen LogP contribution in [0.25, 0.3) is 0 Å². The quantitative estimate of drug-likeness (QED) is 0.292. The zero-order valence-electron chi connectivity index (χ0n) is 14.2. The molecule has 0 spiro atoms. The molecule has 2 rings (SSSR count). The van der Waals surface area contributed by atoms with Crippen LogP contribution in [0.15, 0.2) is 48.5 Å². The van der Waals surface area contributed by atoms with Gasteiger partial charge in [-0.05, 0) is 30.3 Å². The Bertz CT molecular complexity index is 862. The molecule has 0 amide bonds. The molecule has 0 saturated heterocycles. The number of carbonyl (C=O) groups excluding carboxylic acids is 1. The Balaban J connectivity index is 2.33. The highest BCUT2D eigenvalue weighted by Gasteiger charge is 2.57. The Morgan fingerprint density at radius 2 is 1.82 bits per heavy atom. The molecule has 0 bridgehead atoms. The lowest BCUT2D eigenvalue weighted by molar-refractivity contribution is -0.601. The second-order valence-corrected chi connectivity index (χ2v) is 5.79. The van der Waals surface area contributed by atoms with Gasteiger partial charge in [0.25, 0.3) is 0 Å². The van der Waals surface area contributed by atoms with Gasteiger partial charge >= 0.3 is 17.9 Å². The van der Waals surface area contributed by atoms with E-state index in [1.54, 1.807) is 6.07 Å². The standard InChI is InChI=1S/C17H13ClF3NO6/c1-26-15(23)16(22(24)25,28-12-5-3-2-4-6-12)10-27-14-8-7-11(9-13(14)18)17(19,20)21/h2-9H,10H2,1H3/t16-/m0/s1. The van der Waals surface area contributed by atoms with Crippen molar-refractivity contribution >= 4 is 17.6 Å². The first-order valence-electron chi connectivity index (χ1n) is 7.56. The van der Waals surface area contributed by atoms with Crippen LogP contribution < -0.4 is 9.47 Å². The summed E-state index contributed by atoms with van der Waals surface area (Å²) < 4.78 is 53.0. The van der Waals surface area contributed by atoms with Crippen LogP contribution in [0.2, 0.25) is 5.02 Å². The summed E-state index contributed by atoms with van der Waals surface area (Å²) in [7, 11) is 0.917. The number of rotatable bonds is 7. The molecule has 11 heteroatoms. The number of hydrogen-bond donors (Lipinski definition) is 0. The van der Waals surface area contributed by atoms with Gasteiger partial charge in [0.05, 0.1) is 22.6 Å². The molecular weight excluding hydrogens is 407 g/mol. The molecule has 2 aromatic carbocycles. The third-order valence-corrected chi connectivity index (χ3v) is 3.81. The summed E-state index contributed by atoms with van der Waals surface area (Å²) in [6, 6.07) is 9.56. The van der Waals surface area contributed by atoms with Gasteiger partial charge in [0.15, 0.2) is 0 Å². The van der Waals surface area contributed by atoms with Gasteiger partial charge in [-0.3, -0.25) is 10.1 Å². The maximum Gasteiger partial charge on any atom is 0.494 e. The largest absolute Gasteiger partial charge is 0.494 e. The number of ether oxygens (including phenoxy) is 3. The third-order valence-electron chi connectivity index (χ3n) is 3.51. The molecule has 0 N–H and O–H groups in total. The molecule has 0 aliphatic carbocycles. The number of alkyl halides is 3. The highest BCUT2D eigenvalue weighted by atomic mass is 35.5. The van der Waals surface area contributed by atoms with Gasteiger partial charge in [0.1, 0.15) is 11.5 Å². The first kappa shape index (κ1) is 21.3. The summed E-state index contributed by atoms with van der Waals surface area (Å²) in [5.41, 5.74) is -3.83. The molecule has 0 saturated carbocycles. The fourth-order valence-electron chi connectivity index (χ4n) is 2.11. The predicted octanol–water partition coefficient (Wildman–Crippen LogP) is 3.96. The molecule has 1 atom stereocenters.